The number of hydrogen-bond donors (Lipinski definition) is 3. The van der Waals surface area contributed by atoms with Gasteiger partial charge in [0.2, 0.25) is 0 Å². The quantitative estimate of drug-likeness (QED) is 0.328. The van der Waals surface area contributed by atoms with E-state index in [1.807, 2.05) is 0 Å². The molecule has 0 saturated carbocycles. The van der Waals surface area contributed by atoms with Gasteiger partial charge in [0, 0.05) is 47.2 Å². The topological polar surface area (TPSA) is 141 Å². The first-order valence-corrected chi connectivity index (χ1v) is 10.3. The number of rotatable bonds is 4. The van der Waals surface area contributed by atoms with Crippen molar-refractivity contribution in [3.05, 3.63) is 60.2 Å². The van der Waals surface area contributed by atoms with E-state index in [4.69, 9.17) is 0 Å². The van der Waals surface area contributed by atoms with Crippen LogP contribution in [0.2, 0.25) is 0 Å². The molecule has 0 amide bonds. The summed E-state index contributed by atoms with van der Waals surface area (Å²) < 4.78 is 64.3. The molecular weight excluding hydrogens is 417 g/mol. The van der Waals surface area contributed by atoms with Crippen LogP contribution < -0.4 is 0 Å². The first-order chi connectivity index (χ1) is 12.6. The Hall–Kier alpha value is -1.79. The second-order valence-corrected chi connectivity index (χ2v) is 8.45. The van der Waals surface area contributed by atoms with Crippen LogP contribution in [0.25, 0.3) is 10.8 Å². The largest absolute Gasteiger partial charge is 0.507 e. The maximum atomic E-state index is 11.5. The van der Waals surface area contributed by atoms with Gasteiger partial charge >= 0.3 is 0 Å². The molecule has 3 N–H and O–H groups in total. The van der Waals surface area contributed by atoms with Gasteiger partial charge in [-0.1, -0.05) is 30.3 Å². The zero-order valence-electron chi connectivity index (χ0n) is 14.5. The van der Waals surface area contributed by atoms with Crippen LogP contribution in [-0.2, 0) is 20.2 Å². The predicted molar refractivity (Wildman–Crippen MR) is 105 cm³/mol. The molecule has 0 heterocycles. The molecule has 8 nitrogen and oxygen atoms in total. The minimum atomic E-state index is -4.64. The number of nitrogens with zero attached hydrogens (tertiary/aromatic N) is 1. The van der Waals surface area contributed by atoms with Crippen LogP contribution in [0, 0.1) is 0 Å². The van der Waals surface area contributed by atoms with E-state index < -0.39 is 35.8 Å². The van der Waals surface area contributed by atoms with E-state index in [-0.39, 0.29) is 46.0 Å². The molecular formula is C17H13NNaO7S2. The molecule has 3 aromatic carbocycles. The van der Waals surface area contributed by atoms with E-state index >= 15 is 0 Å². The fourth-order valence-corrected chi connectivity index (χ4v) is 3.57. The van der Waals surface area contributed by atoms with Gasteiger partial charge in [-0.3, -0.25) is 14.1 Å². The number of hydrogen-bond acceptors (Lipinski definition) is 6. The van der Waals surface area contributed by atoms with Crippen LogP contribution in [0.4, 0.5) is 5.69 Å². The van der Waals surface area contributed by atoms with Gasteiger partial charge in [-0.2, -0.15) is 16.8 Å². The molecule has 3 aromatic rings. The monoisotopic (exact) mass is 430 g/mol. The van der Waals surface area contributed by atoms with Crippen molar-refractivity contribution in [1.29, 1.82) is 0 Å². The summed E-state index contributed by atoms with van der Waals surface area (Å²) in [5, 5.41) is 10.2. The third-order valence-corrected chi connectivity index (χ3v) is 5.37. The van der Waals surface area contributed by atoms with Crippen molar-refractivity contribution in [2.24, 2.45) is 4.99 Å². The average molecular weight is 430 g/mol. The number of phenols is 1. The summed E-state index contributed by atoms with van der Waals surface area (Å²) >= 11 is 0. The summed E-state index contributed by atoms with van der Waals surface area (Å²) in [5.74, 6) is -0.526. The van der Waals surface area contributed by atoms with Crippen molar-refractivity contribution in [3.63, 3.8) is 0 Å². The maximum Gasteiger partial charge on any atom is 0.294 e. The molecule has 0 aliphatic rings. The molecule has 0 saturated heterocycles. The third-order valence-electron chi connectivity index (χ3n) is 3.70. The van der Waals surface area contributed by atoms with Crippen molar-refractivity contribution in [1.82, 2.24) is 0 Å². The van der Waals surface area contributed by atoms with Gasteiger partial charge in [0.05, 0.1) is 15.5 Å². The van der Waals surface area contributed by atoms with Crippen molar-refractivity contribution in [2.45, 2.75) is 9.79 Å². The number of benzene rings is 3. The molecule has 0 aliphatic carbocycles. The molecule has 141 valence electrons. The van der Waals surface area contributed by atoms with Gasteiger partial charge < -0.3 is 5.11 Å². The third kappa shape index (κ3) is 4.97. The molecule has 0 spiro atoms. The van der Waals surface area contributed by atoms with Crippen molar-refractivity contribution < 1.29 is 31.0 Å². The average Bonchev–Trinajstić information content (AvgIpc) is 2.58. The minimum Gasteiger partial charge on any atom is -0.507 e. The molecule has 0 unspecified atom stereocenters. The molecule has 28 heavy (non-hydrogen) atoms. The van der Waals surface area contributed by atoms with Crippen molar-refractivity contribution in [2.75, 3.05) is 0 Å². The number of aromatic hydroxyl groups is 1. The van der Waals surface area contributed by atoms with Crippen LogP contribution in [0.3, 0.4) is 0 Å². The molecule has 0 aromatic heterocycles. The normalized spacial score (nSPS) is 12.2. The van der Waals surface area contributed by atoms with Crippen LogP contribution in [-0.4, -0.2) is 66.8 Å². The SMILES string of the molecule is O=S(=O)(O)c1cc(O)c2c(N=Cc3ccccc3)cc(S(=O)(=O)O)cc2c1.[Na]. The summed E-state index contributed by atoms with van der Waals surface area (Å²) in [5.41, 5.74) is 0.681. The number of phenolic OH excluding ortho intramolecular Hbond substituents is 1. The molecule has 0 bridgehead atoms. The zero-order chi connectivity index (χ0) is 19.8. The standard InChI is InChI=1S/C17H13NO7S2.Na/c19-16-9-14(27(23,24)25)7-12-6-13(26(20,21)22)8-15(17(12)16)18-10-11-4-2-1-3-5-11;/h1-10,19H,(H,20,21,22)(H,23,24,25);. The molecule has 3 rings (SSSR count). The smallest absolute Gasteiger partial charge is 0.294 e. The Labute approximate surface area is 183 Å². The number of fused-ring (bicyclic) bond motifs is 1. The van der Waals surface area contributed by atoms with Gasteiger partial charge in [-0.25, -0.2) is 0 Å². The van der Waals surface area contributed by atoms with Gasteiger partial charge in [0.1, 0.15) is 5.75 Å². The molecule has 11 heteroatoms. The minimum absolute atomic E-state index is 0. The van der Waals surface area contributed by atoms with Gasteiger partial charge in [0.25, 0.3) is 20.2 Å². The van der Waals surface area contributed by atoms with E-state index in [0.717, 1.165) is 24.3 Å². The first-order valence-electron chi connectivity index (χ1n) is 7.40. The molecule has 0 atom stereocenters. The summed E-state index contributed by atoms with van der Waals surface area (Å²) in [4.78, 5) is 2.99. The van der Waals surface area contributed by atoms with Crippen molar-refractivity contribution in [3.8, 4) is 5.75 Å². The van der Waals surface area contributed by atoms with Crippen LogP contribution in [0.5, 0.6) is 5.75 Å². The van der Waals surface area contributed by atoms with Crippen LogP contribution in [0.1, 0.15) is 5.56 Å². The number of aliphatic imine (C=N–C) groups is 1. The van der Waals surface area contributed by atoms with E-state index in [1.54, 1.807) is 30.3 Å². The Kier molecular flexibility index (Phi) is 6.66. The van der Waals surface area contributed by atoms with E-state index in [2.05, 4.69) is 4.99 Å². The second kappa shape index (κ2) is 8.29. The molecule has 0 aliphatic heterocycles. The Morgan fingerprint density at radius 1 is 0.821 bits per heavy atom. The Morgan fingerprint density at radius 2 is 1.36 bits per heavy atom. The van der Waals surface area contributed by atoms with Gasteiger partial charge in [-0.05, 0) is 29.1 Å². The zero-order valence-corrected chi connectivity index (χ0v) is 18.1. The fourth-order valence-electron chi connectivity index (χ4n) is 2.50. The Bertz CT molecular complexity index is 1270. The van der Waals surface area contributed by atoms with Gasteiger partial charge in [0.15, 0.2) is 0 Å². The summed E-state index contributed by atoms with van der Waals surface area (Å²) in [6.07, 6.45) is 1.42. The molecule has 1 radical (unpaired) electrons. The Balaban J connectivity index is 0.00000280. The molecule has 0 fully saturated rings. The van der Waals surface area contributed by atoms with E-state index in [1.165, 1.54) is 6.21 Å². The summed E-state index contributed by atoms with van der Waals surface area (Å²) in [7, 11) is -9.27. The van der Waals surface area contributed by atoms with Crippen LogP contribution in [0.15, 0.2) is 69.4 Å². The van der Waals surface area contributed by atoms with Gasteiger partial charge in [-0.15, -0.1) is 0 Å². The first kappa shape index (κ1) is 22.5. The predicted octanol–water partition coefficient (Wildman–Crippen LogP) is 2.41. The second-order valence-electron chi connectivity index (χ2n) is 5.60. The summed E-state index contributed by atoms with van der Waals surface area (Å²) in [6.45, 7) is 0. The fraction of sp³-hybridized carbons (Fsp3) is 0. The van der Waals surface area contributed by atoms with E-state index in [0.29, 0.717) is 5.56 Å². The summed E-state index contributed by atoms with van der Waals surface area (Å²) in [6, 6.07) is 12.6. The van der Waals surface area contributed by atoms with E-state index in [9.17, 15) is 31.0 Å². The maximum absolute atomic E-state index is 11.5. The Morgan fingerprint density at radius 3 is 1.89 bits per heavy atom. The van der Waals surface area contributed by atoms with Crippen LogP contribution >= 0.6 is 0 Å². The van der Waals surface area contributed by atoms with Crippen molar-refractivity contribution >= 4 is 72.5 Å².